The Bertz CT molecular complexity index is 1560. The van der Waals surface area contributed by atoms with Gasteiger partial charge in [0.15, 0.2) is 6.29 Å². The van der Waals surface area contributed by atoms with E-state index in [1.54, 1.807) is 22.5 Å². The number of unbranched alkanes of at least 4 members (excludes halogenated alkanes) is 2. The van der Waals surface area contributed by atoms with Gasteiger partial charge in [-0.2, -0.15) is 0 Å². The Kier molecular flexibility index (Phi) is 6.66. The third-order valence-corrected chi connectivity index (χ3v) is 11.0. The highest BCUT2D eigenvalue weighted by Crippen LogP contribution is 2.57. The van der Waals surface area contributed by atoms with Crippen LogP contribution in [0.4, 0.5) is 11.4 Å². The lowest BCUT2D eigenvalue weighted by Crippen LogP contribution is -2.27. The van der Waals surface area contributed by atoms with Gasteiger partial charge in [0, 0.05) is 33.6 Å². The van der Waals surface area contributed by atoms with Crippen LogP contribution < -0.4 is 4.90 Å². The minimum absolute atomic E-state index is 0.144. The van der Waals surface area contributed by atoms with Gasteiger partial charge in [-0.05, 0) is 95.5 Å². The predicted octanol–water partition coefficient (Wildman–Crippen LogP) is 10.7. The van der Waals surface area contributed by atoms with Gasteiger partial charge in [0.1, 0.15) is 0 Å². The van der Waals surface area contributed by atoms with E-state index in [2.05, 4.69) is 85.5 Å². The standard InChI is InChI=1S/C37H39NOS/c1-3-5-20-37(21-6-4-2)32-12-8-7-10-28(32)30-23-26(15-17-33(30)37)38-34-13-9-11-29(34)31-22-25(14-18-35(31)38)36-19-16-27(24-39)40-36/h7-8,10,12,14-19,22-24,29,34H,3-6,9,11,13,20-21H2,1-2H3. The van der Waals surface area contributed by atoms with Crippen molar-refractivity contribution >= 4 is 29.0 Å². The van der Waals surface area contributed by atoms with Gasteiger partial charge < -0.3 is 4.90 Å². The minimum atomic E-state index is 0.144. The van der Waals surface area contributed by atoms with Crippen LogP contribution in [0.1, 0.15) is 104 Å². The molecule has 1 saturated carbocycles. The number of nitrogens with zero attached hydrogens (tertiary/aromatic N) is 1. The smallest absolute Gasteiger partial charge is 0.160 e. The van der Waals surface area contributed by atoms with Gasteiger partial charge >= 0.3 is 0 Å². The van der Waals surface area contributed by atoms with Crippen molar-refractivity contribution < 1.29 is 4.79 Å². The van der Waals surface area contributed by atoms with E-state index in [1.807, 2.05) is 6.07 Å². The van der Waals surface area contributed by atoms with Crippen molar-refractivity contribution in [3.63, 3.8) is 0 Å². The second-order valence-electron chi connectivity index (χ2n) is 12.1. The molecule has 4 aromatic rings. The Hall–Kier alpha value is -3.17. The number of carbonyl (C=O) groups is 1. The van der Waals surface area contributed by atoms with Crippen molar-refractivity contribution in [1.29, 1.82) is 0 Å². The fourth-order valence-corrected chi connectivity index (χ4v) is 8.96. The largest absolute Gasteiger partial charge is 0.337 e. The zero-order valence-electron chi connectivity index (χ0n) is 23.8. The first-order chi connectivity index (χ1) is 19.7. The van der Waals surface area contributed by atoms with Crippen molar-refractivity contribution in [3.8, 4) is 21.6 Å². The molecule has 2 heterocycles. The number of benzene rings is 3. The summed E-state index contributed by atoms with van der Waals surface area (Å²) in [5, 5.41) is 0. The summed E-state index contributed by atoms with van der Waals surface area (Å²) in [6, 6.07) is 28.3. The molecule has 0 N–H and O–H groups in total. The van der Waals surface area contributed by atoms with Gasteiger partial charge in [-0.25, -0.2) is 0 Å². The molecule has 3 aliphatic rings. The summed E-state index contributed by atoms with van der Waals surface area (Å²) in [5.74, 6) is 0.578. The molecule has 2 aliphatic carbocycles. The molecular formula is C37H39NOS. The van der Waals surface area contributed by atoms with Crippen molar-refractivity contribution in [2.24, 2.45) is 0 Å². The van der Waals surface area contributed by atoms with Crippen LogP contribution in [0.3, 0.4) is 0 Å². The van der Waals surface area contributed by atoms with Crippen molar-refractivity contribution in [1.82, 2.24) is 0 Å². The Morgan fingerprint density at radius 1 is 0.875 bits per heavy atom. The molecule has 3 aromatic carbocycles. The van der Waals surface area contributed by atoms with Crippen molar-refractivity contribution in [2.45, 2.75) is 89.0 Å². The first-order valence-corrected chi connectivity index (χ1v) is 16.2. The highest BCUT2D eigenvalue weighted by Gasteiger charge is 2.45. The summed E-state index contributed by atoms with van der Waals surface area (Å²) in [6.07, 6.45) is 12.2. The Morgan fingerprint density at radius 3 is 2.45 bits per heavy atom. The first kappa shape index (κ1) is 25.8. The number of fused-ring (bicyclic) bond motifs is 6. The van der Waals surface area contributed by atoms with Gasteiger partial charge in [-0.3, -0.25) is 4.79 Å². The number of aldehydes is 1. The Labute approximate surface area is 243 Å². The molecule has 204 valence electrons. The van der Waals surface area contributed by atoms with Gasteiger partial charge in [0.2, 0.25) is 0 Å². The number of carbonyl (C=O) groups excluding carboxylic acids is 1. The van der Waals surface area contributed by atoms with Crippen molar-refractivity contribution in [3.05, 3.63) is 94.4 Å². The third kappa shape index (κ3) is 3.92. The molecule has 0 bridgehead atoms. The maximum absolute atomic E-state index is 11.3. The number of hydrogen-bond donors (Lipinski definition) is 0. The average Bonchev–Trinajstić information content (AvgIpc) is 3.77. The molecule has 2 nitrogen and oxygen atoms in total. The third-order valence-electron chi connectivity index (χ3n) is 9.97. The quantitative estimate of drug-likeness (QED) is 0.195. The molecule has 7 rings (SSSR count). The Morgan fingerprint density at radius 2 is 1.68 bits per heavy atom. The molecule has 0 amide bonds. The maximum Gasteiger partial charge on any atom is 0.160 e. The van der Waals surface area contributed by atoms with E-state index in [-0.39, 0.29) is 5.41 Å². The minimum Gasteiger partial charge on any atom is -0.337 e. The average molecular weight is 546 g/mol. The second-order valence-corrected chi connectivity index (χ2v) is 13.2. The molecule has 0 saturated heterocycles. The molecule has 3 heteroatoms. The first-order valence-electron chi connectivity index (χ1n) is 15.4. The Balaban J connectivity index is 1.33. The second kappa shape index (κ2) is 10.3. The summed E-state index contributed by atoms with van der Waals surface area (Å²) in [4.78, 5) is 15.9. The lowest BCUT2D eigenvalue weighted by atomic mass is 9.71. The van der Waals surface area contributed by atoms with Crippen LogP contribution in [0, 0.1) is 0 Å². The van der Waals surface area contributed by atoms with E-state index in [1.165, 1.54) is 96.3 Å². The fraction of sp³-hybridized carbons (Fsp3) is 0.378. The summed E-state index contributed by atoms with van der Waals surface area (Å²) < 4.78 is 0. The lowest BCUT2D eigenvalue weighted by Gasteiger charge is -2.33. The van der Waals surface area contributed by atoms with Crippen LogP contribution in [0.15, 0.2) is 72.8 Å². The molecule has 2 atom stereocenters. The highest BCUT2D eigenvalue weighted by molar-refractivity contribution is 7.17. The monoisotopic (exact) mass is 545 g/mol. The lowest BCUT2D eigenvalue weighted by molar-refractivity contribution is 0.112. The van der Waals surface area contributed by atoms with E-state index in [0.717, 1.165) is 11.2 Å². The number of rotatable bonds is 9. The zero-order chi connectivity index (χ0) is 27.3. The van der Waals surface area contributed by atoms with Crippen LogP contribution >= 0.6 is 11.3 Å². The maximum atomic E-state index is 11.3. The number of hydrogen-bond acceptors (Lipinski definition) is 3. The topological polar surface area (TPSA) is 20.3 Å². The van der Waals surface area contributed by atoms with E-state index in [9.17, 15) is 4.79 Å². The highest BCUT2D eigenvalue weighted by atomic mass is 32.1. The summed E-state index contributed by atoms with van der Waals surface area (Å²) >= 11 is 1.59. The van der Waals surface area contributed by atoms with E-state index < -0.39 is 0 Å². The summed E-state index contributed by atoms with van der Waals surface area (Å²) in [6.45, 7) is 4.65. The molecular weight excluding hydrogens is 506 g/mol. The molecule has 1 fully saturated rings. The van der Waals surface area contributed by atoms with Gasteiger partial charge in [-0.1, -0.05) is 82.3 Å². The van der Waals surface area contributed by atoms with Crippen LogP contribution in [0.25, 0.3) is 21.6 Å². The van der Waals surface area contributed by atoms with Crippen LogP contribution in [-0.4, -0.2) is 12.3 Å². The number of anilines is 2. The summed E-state index contributed by atoms with van der Waals surface area (Å²) in [5.41, 5.74) is 11.6. The van der Waals surface area contributed by atoms with Crippen LogP contribution in [0.5, 0.6) is 0 Å². The zero-order valence-corrected chi connectivity index (χ0v) is 24.6. The molecule has 0 spiro atoms. The van der Waals surface area contributed by atoms with Crippen molar-refractivity contribution in [2.75, 3.05) is 4.90 Å². The van der Waals surface area contributed by atoms with E-state index >= 15 is 0 Å². The van der Waals surface area contributed by atoms with Crippen LogP contribution in [-0.2, 0) is 5.41 Å². The van der Waals surface area contributed by atoms with Gasteiger partial charge in [0.05, 0.1) is 4.88 Å². The van der Waals surface area contributed by atoms with Crippen LogP contribution in [0.2, 0.25) is 0 Å². The van der Waals surface area contributed by atoms with E-state index in [0.29, 0.717) is 12.0 Å². The van der Waals surface area contributed by atoms with E-state index in [4.69, 9.17) is 0 Å². The summed E-state index contributed by atoms with van der Waals surface area (Å²) in [7, 11) is 0. The normalized spacial score (nSPS) is 19.8. The molecule has 40 heavy (non-hydrogen) atoms. The predicted molar refractivity (Wildman–Crippen MR) is 169 cm³/mol. The molecule has 1 aromatic heterocycles. The molecule has 1 aliphatic heterocycles. The molecule has 0 radical (unpaired) electrons. The fourth-order valence-electron chi connectivity index (χ4n) is 8.14. The number of thiophene rings is 1. The van der Waals surface area contributed by atoms with Gasteiger partial charge in [-0.15, -0.1) is 11.3 Å². The van der Waals surface area contributed by atoms with Gasteiger partial charge in [0.25, 0.3) is 0 Å². The molecule has 2 unspecified atom stereocenters. The SMILES string of the molecule is CCCCC1(CCCC)c2ccccc2-c2cc(N3c4ccc(-c5ccc(C=O)s5)cc4C4CCCC43)ccc21.